The molecule has 13 nitrogen and oxygen atoms in total. The van der Waals surface area contributed by atoms with Crippen molar-refractivity contribution in [3.63, 3.8) is 0 Å². The number of Topliss-reactive ketones (excluding diaryl/α,β-unsaturated/α-hetero) is 3. The molecule has 5 aliphatic rings. The summed E-state index contributed by atoms with van der Waals surface area (Å²) >= 11 is 0. The molecule has 2 amide bonds. The molecule has 2 N–H and O–H groups in total. The molecular formula is C39H63N5O8. The number of rotatable bonds is 2. The number of nitrogens with zero attached hydrogens (tertiary/aromatic N) is 3. The van der Waals surface area contributed by atoms with E-state index in [4.69, 9.17) is 14.2 Å². The minimum absolute atomic E-state index is 0.0486. The van der Waals surface area contributed by atoms with E-state index in [2.05, 4.69) is 45.9 Å². The van der Waals surface area contributed by atoms with Gasteiger partial charge in [-0.15, -0.1) is 0 Å². The number of benzene rings is 1. The van der Waals surface area contributed by atoms with E-state index >= 15 is 0 Å². The van der Waals surface area contributed by atoms with E-state index < -0.39 is 11.2 Å². The molecule has 1 spiro atoms. The van der Waals surface area contributed by atoms with E-state index in [-0.39, 0.29) is 42.6 Å². The molecule has 1 aromatic rings. The van der Waals surface area contributed by atoms with Crippen LogP contribution in [0, 0.1) is 0 Å². The molecule has 6 rings (SSSR count). The van der Waals surface area contributed by atoms with Crippen molar-refractivity contribution in [2.24, 2.45) is 0 Å². The number of carbonyl (C=O) groups is 5. The van der Waals surface area contributed by atoms with Gasteiger partial charge in [-0.3, -0.25) is 24.6 Å². The predicted octanol–water partition coefficient (Wildman–Crippen LogP) is 4.71. The number of ether oxygens (including phenoxy) is 3. The fraction of sp³-hybridized carbons (Fsp3) is 0.718. The van der Waals surface area contributed by atoms with Gasteiger partial charge >= 0.3 is 12.2 Å². The number of hydrogen-bond acceptors (Lipinski definition) is 11. The summed E-state index contributed by atoms with van der Waals surface area (Å²) in [7, 11) is 0. The Morgan fingerprint density at radius 1 is 0.750 bits per heavy atom. The van der Waals surface area contributed by atoms with E-state index in [9.17, 15) is 24.0 Å². The van der Waals surface area contributed by atoms with Crippen molar-refractivity contribution in [3.05, 3.63) is 35.9 Å². The molecule has 1 aromatic carbocycles. The molecule has 13 heteroatoms. The molecule has 1 unspecified atom stereocenters. The first-order chi connectivity index (χ1) is 24.5. The van der Waals surface area contributed by atoms with Crippen molar-refractivity contribution < 1.29 is 38.2 Å². The third-order valence-corrected chi connectivity index (χ3v) is 8.65. The van der Waals surface area contributed by atoms with Gasteiger partial charge < -0.3 is 29.3 Å². The Labute approximate surface area is 310 Å². The van der Waals surface area contributed by atoms with Crippen LogP contribution < -0.4 is 10.6 Å². The van der Waals surface area contributed by atoms with Gasteiger partial charge in [0.05, 0.1) is 26.2 Å². The third kappa shape index (κ3) is 17.0. The summed E-state index contributed by atoms with van der Waals surface area (Å²) < 4.78 is 16.2. The first-order valence-corrected chi connectivity index (χ1v) is 18.9. The van der Waals surface area contributed by atoms with Crippen LogP contribution in [0.3, 0.4) is 0 Å². The van der Waals surface area contributed by atoms with Crippen LogP contribution in [0.5, 0.6) is 0 Å². The van der Waals surface area contributed by atoms with Crippen LogP contribution >= 0.6 is 0 Å². The van der Waals surface area contributed by atoms with E-state index in [0.717, 1.165) is 64.9 Å². The summed E-state index contributed by atoms with van der Waals surface area (Å²) in [4.78, 5) is 61.0. The molecule has 0 saturated carbocycles. The second kappa shape index (κ2) is 20.7. The van der Waals surface area contributed by atoms with Crippen molar-refractivity contribution in [3.8, 4) is 0 Å². The lowest BCUT2D eigenvalue weighted by molar-refractivity contribution is -0.122. The summed E-state index contributed by atoms with van der Waals surface area (Å²) in [6, 6.07) is 10.7. The zero-order chi connectivity index (χ0) is 38.2. The number of carbonyl (C=O) groups excluding carboxylic acids is 5. The molecule has 0 aromatic heterocycles. The SMILES string of the molecule is CC(C)(C)OC(=O)N1CCCC(=O)C1.CC(C)(C)OC(=O)N1CCCC(=O)C1.O=C1CCCNC1.c1ccc(CN2CCCC3(C2)NCCO3)cc1. The Morgan fingerprint density at radius 2 is 1.31 bits per heavy atom. The largest absolute Gasteiger partial charge is 0.444 e. The normalized spacial score (nSPS) is 22.6. The van der Waals surface area contributed by atoms with Crippen LogP contribution in [0.4, 0.5) is 9.59 Å². The van der Waals surface area contributed by atoms with Crippen molar-refractivity contribution >= 4 is 29.5 Å². The van der Waals surface area contributed by atoms with Gasteiger partial charge in [-0.2, -0.15) is 0 Å². The van der Waals surface area contributed by atoms with Gasteiger partial charge in [0, 0.05) is 52.0 Å². The number of amides is 2. The number of piperidine rings is 4. The van der Waals surface area contributed by atoms with Gasteiger partial charge in [0.15, 0.2) is 11.6 Å². The summed E-state index contributed by atoms with van der Waals surface area (Å²) in [6.07, 6.45) is 6.08. The molecule has 52 heavy (non-hydrogen) atoms. The fourth-order valence-electron chi connectivity index (χ4n) is 6.29. The van der Waals surface area contributed by atoms with Gasteiger partial charge in [0.1, 0.15) is 22.7 Å². The van der Waals surface area contributed by atoms with E-state index in [1.807, 2.05) is 41.5 Å². The zero-order valence-electron chi connectivity index (χ0n) is 32.4. The maximum absolute atomic E-state index is 11.5. The molecule has 5 fully saturated rings. The third-order valence-electron chi connectivity index (χ3n) is 8.65. The maximum Gasteiger partial charge on any atom is 0.410 e. The molecule has 0 bridgehead atoms. The number of hydrogen-bond donors (Lipinski definition) is 2. The minimum Gasteiger partial charge on any atom is -0.444 e. The monoisotopic (exact) mass is 729 g/mol. The Hall–Kier alpha value is -3.39. The van der Waals surface area contributed by atoms with Crippen LogP contribution in [-0.2, 0) is 35.1 Å². The van der Waals surface area contributed by atoms with Gasteiger partial charge in [-0.25, -0.2) is 9.59 Å². The predicted molar refractivity (Wildman–Crippen MR) is 199 cm³/mol. The number of likely N-dealkylation sites (tertiary alicyclic amines) is 3. The Balaban J connectivity index is 0.000000194. The highest BCUT2D eigenvalue weighted by Gasteiger charge is 2.38. The van der Waals surface area contributed by atoms with E-state index in [0.29, 0.717) is 38.3 Å². The molecule has 5 saturated heterocycles. The van der Waals surface area contributed by atoms with Gasteiger partial charge in [0.2, 0.25) is 0 Å². The van der Waals surface area contributed by atoms with Crippen LogP contribution in [0.1, 0.15) is 98.5 Å². The van der Waals surface area contributed by atoms with Gasteiger partial charge in [-0.1, -0.05) is 30.3 Å². The molecule has 0 aliphatic carbocycles. The van der Waals surface area contributed by atoms with Crippen molar-refractivity contribution in [2.75, 3.05) is 65.5 Å². The topological polar surface area (TPSA) is 147 Å². The van der Waals surface area contributed by atoms with Crippen LogP contribution in [-0.4, -0.2) is 127 Å². The average molecular weight is 730 g/mol. The zero-order valence-corrected chi connectivity index (χ0v) is 32.4. The van der Waals surface area contributed by atoms with E-state index in [1.165, 1.54) is 28.3 Å². The van der Waals surface area contributed by atoms with Gasteiger partial charge in [0.25, 0.3) is 0 Å². The molecule has 1 atom stereocenters. The molecule has 0 radical (unpaired) electrons. The highest BCUT2D eigenvalue weighted by atomic mass is 16.6. The molecule has 292 valence electrons. The van der Waals surface area contributed by atoms with E-state index in [1.54, 1.807) is 0 Å². The Morgan fingerprint density at radius 3 is 1.73 bits per heavy atom. The highest BCUT2D eigenvalue weighted by molar-refractivity contribution is 5.85. The Bertz CT molecular complexity index is 1240. The second-order valence-corrected chi connectivity index (χ2v) is 16.0. The van der Waals surface area contributed by atoms with Crippen LogP contribution in [0.25, 0.3) is 0 Å². The minimum atomic E-state index is -0.489. The quantitative estimate of drug-likeness (QED) is 0.437. The lowest BCUT2D eigenvalue weighted by Gasteiger charge is -2.39. The second-order valence-electron chi connectivity index (χ2n) is 16.0. The average Bonchev–Trinajstić information content (AvgIpc) is 3.52. The van der Waals surface area contributed by atoms with Crippen LogP contribution in [0.2, 0.25) is 0 Å². The summed E-state index contributed by atoms with van der Waals surface area (Å²) in [5.41, 5.74) is 0.366. The lowest BCUT2D eigenvalue weighted by atomic mass is 10.0. The first-order valence-electron chi connectivity index (χ1n) is 18.9. The molecule has 5 aliphatic heterocycles. The summed E-state index contributed by atoms with van der Waals surface area (Å²) in [6.45, 7) is 19.3. The summed E-state index contributed by atoms with van der Waals surface area (Å²) in [5.74, 6) is 0.579. The maximum atomic E-state index is 11.5. The van der Waals surface area contributed by atoms with Crippen molar-refractivity contribution in [1.29, 1.82) is 0 Å². The van der Waals surface area contributed by atoms with Crippen LogP contribution in [0.15, 0.2) is 30.3 Å². The molecular weight excluding hydrogens is 666 g/mol. The number of ketones is 3. The van der Waals surface area contributed by atoms with Crippen molar-refractivity contribution in [1.82, 2.24) is 25.3 Å². The molecule has 5 heterocycles. The lowest BCUT2D eigenvalue weighted by Crippen LogP contribution is -2.54. The first kappa shape index (κ1) is 43.0. The van der Waals surface area contributed by atoms with Crippen molar-refractivity contribution in [2.45, 2.75) is 116 Å². The standard InChI is InChI=1S/C14H20N2O.2C10H17NO3.C5H9NO/c1-2-5-13(6-3-1)11-16-9-4-7-14(12-16)15-8-10-17-14;2*1-10(2,3)14-9(13)11-6-4-5-8(12)7-11;7-5-2-1-3-6-4-5/h1-3,5-6,15H,4,7-12H2;2*4-7H2,1-3H3;6H,1-4H2. The fourth-order valence-corrected chi connectivity index (χ4v) is 6.29. The Kier molecular flexibility index (Phi) is 17.2. The highest BCUT2D eigenvalue weighted by Crippen LogP contribution is 2.26. The van der Waals surface area contributed by atoms with Gasteiger partial charge in [-0.05, 0) is 92.3 Å². The smallest absolute Gasteiger partial charge is 0.410 e. The number of nitrogens with one attached hydrogen (secondary N) is 2. The summed E-state index contributed by atoms with van der Waals surface area (Å²) in [5, 5.41) is 6.51.